The number of pyridine rings is 1. The minimum atomic E-state index is -0.0528. The van der Waals surface area contributed by atoms with E-state index in [1.165, 1.54) is 33.8 Å². The molecule has 34 heavy (non-hydrogen) atoms. The number of rotatable bonds is 5. The molecule has 2 aromatic heterocycles. The van der Waals surface area contributed by atoms with Gasteiger partial charge in [0.05, 0.1) is 17.8 Å². The fourth-order valence-electron chi connectivity index (χ4n) is 5.22. The zero-order chi connectivity index (χ0) is 23.8. The molecule has 1 saturated heterocycles. The second-order valence-corrected chi connectivity index (χ2v) is 9.28. The lowest BCUT2D eigenvalue weighted by atomic mass is 9.93. The van der Waals surface area contributed by atoms with Crippen molar-refractivity contribution in [1.82, 2.24) is 14.9 Å². The third kappa shape index (κ3) is 3.70. The van der Waals surface area contributed by atoms with Crippen LogP contribution in [0.1, 0.15) is 52.8 Å². The van der Waals surface area contributed by atoms with Gasteiger partial charge in [0.2, 0.25) is 0 Å². The summed E-state index contributed by atoms with van der Waals surface area (Å²) in [6, 6.07) is 25.4. The number of nitrogens with one attached hydrogen (secondary N) is 1. The van der Waals surface area contributed by atoms with Gasteiger partial charge in [-0.1, -0.05) is 43.3 Å². The first-order valence-corrected chi connectivity index (χ1v) is 12.3. The van der Waals surface area contributed by atoms with Crippen LogP contribution in [0.3, 0.4) is 0 Å². The van der Waals surface area contributed by atoms with Gasteiger partial charge in [-0.15, -0.1) is 0 Å². The number of benzene rings is 2. The summed E-state index contributed by atoms with van der Waals surface area (Å²) in [6.07, 6.45) is 2.87. The Morgan fingerprint density at radius 2 is 1.56 bits per heavy atom. The van der Waals surface area contributed by atoms with Gasteiger partial charge in [-0.05, 0) is 86.9 Å². The molecule has 1 aliphatic rings. The number of hydrogen-bond acceptors (Lipinski definition) is 2. The summed E-state index contributed by atoms with van der Waals surface area (Å²) in [4.78, 5) is 6.99. The van der Waals surface area contributed by atoms with Crippen LogP contribution in [-0.4, -0.2) is 14.7 Å². The first-order chi connectivity index (χ1) is 16.5. The fraction of sp³-hybridized carbons (Fsp3) is 0.241. The number of hydrogen-bond donors (Lipinski definition) is 1. The Morgan fingerprint density at radius 3 is 2.21 bits per heavy atom. The van der Waals surface area contributed by atoms with Crippen molar-refractivity contribution in [3.63, 3.8) is 0 Å². The van der Waals surface area contributed by atoms with Crippen molar-refractivity contribution in [3.05, 3.63) is 113 Å². The standard InChI is InChI=1S/C29H30N4S/c1-5-22-14-16-24(17-15-22)33-28(27(31-29(33)34)25-13-9-10-18-30-25)26-19(2)20(3)32(21(26)4)23-11-7-6-8-12-23/h6-18,27-28H,5H2,1-4H3,(H,31,34)/t27-,28+/m1/s1. The SMILES string of the molecule is CCc1ccc(N2C(=S)N[C@H](c3ccccn3)[C@@H]2c2c(C)c(C)n(-c3ccccc3)c2C)cc1. The molecule has 1 fully saturated rings. The van der Waals surface area contributed by atoms with Crippen LogP contribution in [0, 0.1) is 20.8 Å². The fourth-order valence-corrected chi connectivity index (χ4v) is 5.57. The lowest BCUT2D eigenvalue weighted by Crippen LogP contribution is -2.29. The quantitative estimate of drug-likeness (QED) is 0.339. The number of para-hydroxylation sites is 1. The molecule has 2 atom stereocenters. The Labute approximate surface area is 207 Å². The van der Waals surface area contributed by atoms with Crippen LogP contribution >= 0.6 is 12.2 Å². The monoisotopic (exact) mass is 466 g/mol. The molecule has 172 valence electrons. The molecule has 4 aromatic rings. The Bertz CT molecular complexity index is 1310. The van der Waals surface area contributed by atoms with Gasteiger partial charge < -0.3 is 14.8 Å². The van der Waals surface area contributed by atoms with Gasteiger partial charge in [0.25, 0.3) is 0 Å². The Kier molecular flexibility index (Phi) is 5.96. The second-order valence-electron chi connectivity index (χ2n) is 8.90. The maximum absolute atomic E-state index is 5.94. The van der Waals surface area contributed by atoms with E-state index >= 15 is 0 Å². The van der Waals surface area contributed by atoms with E-state index in [4.69, 9.17) is 17.2 Å². The molecule has 0 saturated carbocycles. The topological polar surface area (TPSA) is 33.1 Å². The van der Waals surface area contributed by atoms with Crippen molar-refractivity contribution in [3.8, 4) is 5.69 Å². The molecule has 5 rings (SSSR count). The van der Waals surface area contributed by atoms with Gasteiger partial charge in [0.15, 0.2) is 5.11 Å². The molecule has 4 nitrogen and oxygen atoms in total. The van der Waals surface area contributed by atoms with Crippen LogP contribution in [-0.2, 0) is 6.42 Å². The Morgan fingerprint density at radius 1 is 0.853 bits per heavy atom. The number of aryl methyl sites for hydroxylation is 1. The molecular formula is C29H30N4S. The van der Waals surface area contributed by atoms with Crippen LogP contribution in [0.25, 0.3) is 5.69 Å². The molecule has 0 bridgehead atoms. The molecule has 0 spiro atoms. The maximum atomic E-state index is 5.94. The van der Waals surface area contributed by atoms with Gasteiger partial charge in [-0.3, -0.25) is 4.98 Å². The van der Waals surface area contributed by atoms with Gasteiger partial charge in [-0.25, -0.2) is 0 Å². The summed E-state index contributed by atoms with van der Waals surface area (Å²) in [6.45, 7) is 8.83. The van der Waals surface area contributed by atoms with Crippen LogP contribution in [0.4, 0.5) is 5.69 Å². The first kappa shape index (κ1) is 22.4. The van der Waals surface area contributed by atoms with E-state index in [2.05, 4.69) is 103 Å². The first-order valence-electron chi connectivity index (χ1n) is 11.8. The van der Waals surface area contributed by atoms with E-state index in [1.807, 2.05) is 18.3 Å². The van der Waals surface area contributed by atoms with Crippen molar-refractivity contribution in [2.24, 2.45) is 0 Å². The zero-order valence-corrected chi connectivity index (χ0v) is 20.9. The van der Waals surface area contributed by atoms with E-state index in [-0.39, 0.29) is 12.1 Å². The molecule has 5 heteroatoms. The number of nitrogens with zero attached hydrogens (tertiary/aromatic N) is 3. The maximum Gasteiger partial charge on any atom is 0.174 e. The second kappa shape index (κ2) is 9.07. The summed E-state index contributed by atoms with van der Waals surface area (Å²) in [7, 11) is 0. The minimum Gasteiger partial charge on any atom is -0.351 e. The molecule has 1 N–H and O–H groups in total. The van der Waals surface area contributed by atoms with Crippen LogP contribution in [0.15, 0.2) is 79.0 Å². The van der Waals surface area contributed by atoms with Crippen LogP contribution < -0.4 is 10.2 Å². The van der Waals surface area contributed by atoms with E-state index in [0.717, 1.165) is 22.9 Å². The average molecular weight is 467 g/mol. The van der Waals surface area contributed by atoms with Crippen molar-refractivity contribution in [2.45, 2.75) is 46.2 Å². The molecule has 0 aliphatic carbocycles. The van der Waals surface area contributed by atoms with Crippen LogP contribution in [0.2, 0.25) is 0 Å². The van der Waals surface area contributed by atoms with Crippen molar-refractivity contribution in [1.29, 1.82) is 0 Å². The minimum absolute atomic E-state index is 0.0152. The van der Waals surface area contributed by atoms with Gasteiger partial charge in [0, 0.05) is 34.5 Å². The number of thiocarbonyl (C=S) groups is 1. The normalized spacial score (nSPS) is 17.8. The van der Waals surface area contributed by atoms with Crippen LogP contribution in [0.5, 0.6) is 0 Å². The average Bonchev–Trinajstić information content (AvgIpc) is 3.32. The predicted octanol–water partition coefficient (Wildman–Crippen LogP) is 6.54. The summed E-state index contributed by atoms with van der Waals surface area (Å²) >= 11 is 5.94. The molecule has 1 aliphatic heterocycles. The van der Waals surface area contributed by atoms with Gasteiger partial charge in [0.1, 0.15) is 0 Å². The molecule has 0 radical (unpaired) electrons. The van der Waals surface area contributed by atoms with E-state index < -0.39 is 0 Å². The molecule has 0 amide bonds. The summed E-state index contributed by atoms with van der Waals surface area (Å²) < 4.78 is 2.36. The Hall–Kier alpha value is -3.44. The highest BCUT2D eigenvalue weighted by Crippen LogP contribution is 2.45. The van der Waals surface area contributed by atoms with Crippen molar-refractivity contribution >= 4 is 23.0 Å². The number of anilines is 1. The highest BCUT2D eigenvalue weighted by atomic mass is 32.1. The van der Waals surface area contributed by atoms with Crippen molar-refractivity contribution in [2.75, 3.05) is 4.90 Å². The number of aromatic nitrogens is 2. The van der Waals surface area contributed by atoms with E-state index in [9.17, 15) is 0 Å². The Balaban J connectivity index is 1.71. The smallest absolute Gasteiger partial charge is 0.174 e. The zero-order valence-electron chi connectivity index (χ0n) is 20.1. The summed E-state index contributed by atoms with van der Waals surface area (Å²) in [5.41, 5.74) is 9.64. The molecule has 3 heterocycles. The van der Waals surface area contributed by atoms with Gasteiger partial charge >= 0.3 is 0 Å². The summed E-state index contributed by atoms with van der Waals surface area (Å²) in [5.74, 6) is 0. The van der Waals surface area contributed by atoms with E-state index in [0.29, 0.717) is 0 Å². The lowest BCUT2D eigenvalue weighted by Gasteiger charge is -2.29. The largest absolute Gasteiger partial charge is 0.351 e. The summed E-state index contributed by atoms with van der Waals surface area (Å²) in [5, 5.41) is 4.33. The highest BCUT2D eigenvalue weighted by Gasteiger charge is 2.43. The molecule has 2 aromatic carbocycles. The van der Waals surface area contributed by atoms with Gasteiger partial charge in [-0.2, -0.15) is 0 Å². The van der Waals surface area contributed by atoms with Crippen molar-refractivity contribution < 1.29 is 0 Å². The molecular weight excluding hydrogens is 436 g/mol. The third-order valence-electron chi connectivity index (χ3n) is 7.04. The third-order valence-corrected chi connectivity index (χ3v) is 7.35. The lowest BCUT2D eigenvalue weighted by molar-refractivity contribution is 0.563. The van der Waals surface area contributed by atoms with E-state index in [1.54, 1.807) is 0 Å². The highest BCUT2D eigenvalue weighted by molar-refractivity contribution is 7.80. The molecule has 0 unspecified atom stereocenters. The predicted molar refractivity (Wildman–Crippen MR) is 144 cm³/mol.